The summed E-state index contributed by atoms with van der Waals surface area (Å²) in [6.07, 6.45) is 4.97. The number of nitrogens with one attached hydrogen (secondary N) is 1. The number of hydrogen-bond donors (Lipinski definition) is 2. The molecule has 1 saturated carbocycles. The lowest BCUT2D eigenvalue weighted by atomic mass is 9.97. The smallest absolute Gasteiger partial charge is 0.0916 e. The van der Waals surface area contributed by atoms with Gasteiger partial charge in [0, 0.05) is 19.1 Å². The van der Waals surface area contributed by atoms with E-state index in [-0.39, 0.29) is 6.10 Å². The first kappa shape index (κ1) is 14.1. The zero-order valence-corrected chi connectivity index (χ0v) is 12.2. The lowest BCUT2D eigenvalue weighted by Crippen LogP contribution is -2.41. The highest BCUT2D eigenvalue weighted by molar-refractivity contribution is 5.17. The molecule has 2 unspecified atom stereocenters. The van der Waals surface area contributed by atoms with Gasteiger partial charge in [-0.25, -0.2) is 0 Å². The van der Waals surface area contributed by atoms with Gasteiger partial charge in [0.1, 0.15) is 0 Å². The van der Waals surface area contributed by atoms with E-state index in [2.05, 4.69) is 10.2 Å². The lowest BCUT2D eigenvalue weighted by molar-refractivity contribution is 0.0841. The Labute approximate surface area is 122 Å². The quantitative estimate of drug-likeness (QED) is 0.834. The molecule has 1 saturated heterocycles. The van der Waals surface area contributed by atoms with Crippen LogP contribution in [0.2, 0.25) is 0 Å². The first-order valence-corrected chi connectivity index (χ1v) is 8.00. The van der Waals surface area contributed by atoms with Crippen LogP contribution in [-0.2, 0) is 0 Å². The second-order valence-corrected chi connectivity index (χ2v) is 6.38. The second-order valence-electron chi connectivity index (χ2n) is 6.38. The highest BCUT2D eigenvalue weighted by Crippen LogP contribution is 2.22. The number of likely N-dealkylation sites (tertiary alicyclic amines) is 1. The van der Waals surface area contributed by atoms with Crippen LogP contribution in [0.5, 0.6) is 0 Å². The van der Waals surface area contributed by atoms with Crippen molar-refractivity contribution in [3.05, 3.63) is 35.9 Å². The van der Waals surface area contributed by atoms with Crippen molar-refractivity contribution in [2.75, 3.05) is 26.2 Å². The summed E-state index contributed by atoms with van der Waals surface area (Å²) in [5, 5.41) is 14.0. The fourth-order valence-corrected chi connectivity index (χ4v) is 3.13. The number of aliphatic hydroxyl groups excluding tert-OH is 1. The molecule has 3 heteroatoms. The van der Waals surface area contributed by atoms with Gasteiger partial charge in [-0.1, -0.05) is 30.3 Å². The van der Waals surface area contributed by atoms with Crippen LogP contribution in [0.15, 0.2) is 30.3 Å². The molecule has 1 aromatic rings. The van der Waals surface area contributed by atoms with Gasteiger partial charge in [-0.15, -0.1) is 0 Å². The molecule has 20 heavy (non-hydrogen) atoms. The Morgan fingerprint density at radius 3 is 2.75 bits per heavy atom. The summed E-state index contributed by atoms with van der Waals surface area (Å²) in [6, 6.07) is 10.8. The van der Waals surface area contributed by atoms with Gasteiger partial charge in [-0.05, 0) is 50.3 Å². The first-order chi connectivity index (χ1) is 9.81. The van der Waals surface area contributed by atoms with Gasteiger partial charge in [0.15, 0.2) is 0 Å². The van der Waals surface area contributed by atoms with Crippen molar-refractivity contribution in [3.63, 3.8) is 0 Å². The highest BCUT2D eigenvalue weighted by atomic mass is 16.3. The minimum atomic E-state index is -0.355. The molecular formula is C17H26N2O. The zero-order chi connectivity index (χ0) is 13.8. The lowest BCUT2D eigenvalue weighted by Gasteiger charge is -2.34. The van der Waals surface area contributed by atoms with Gasteiger partial charge in [-0.2, -0.15) is 0 Å². The van der Waals surface area contributed by atoms with Crippen LogP contribution in [0.1, 0.15) is 37.4 Å². The van der Waals surface area contributed by atoms with E-state index in [0.717, 1.165) is 43.7 Å². The summed E-state index contributed by atoms with van der Waals surface area (Å²) < 4.78 is 0. The van der Waals surface area contributed by atoms with E-state index in [9.17, 15) is 5.11 Å². The minimum Gasteiger partial charge on any atom is -0.387 e. The number of hydrogen-bond acceptors (Lipinski definition) is 3. The summed E-state index contributed by atoms with van der Waals surface area (Å²) in [4.78, 5) is 2.43. The predicted octanol–water partition coefficient (Wildman–Crippen LogP) is 2.18. The monoisotopic (exact) mass is 274 g/mol. The first-order valence-electron chi connectivity index (χ1n) is 8.00. The second kappa shape index (κ2) is 6.70. The highest BCUT2D eigenvalue weighted by Gasteiger charge is 2.25. The molecule has 2 aliphatic rings. The Morgan fingerprint density at radius 1 is 1.20 bits per heavy atom. The van der Waals surface area contributed by atoms with Crippen molar-refractivity contribution in [3.8, 4) is 0 Å². The SMILES string of the molecule is OC(CN1CCCC(CNC2CC2)C1)c1ccccc1. The average Bonchev–Trinajstić information content (AvgIpc) is 3.31. The summed E-state index contributed by atoms with van der Waals surface area (Å²) in [7, 11) is 0. The van der Waals surface area contributed by atoms with Crippen molar-refractivity contribution in [2.24, 2.45) is 5.92 Å². The standard InChI is InChI=1S/C17H26N2O/c20-17(15-6-2-1-3-7-15)13-19-10-4-5-14(12-19)11-18-16-8-9-16/h1-3,6-7,14,16-18,20H,4-5,8-13H2. The van der Waals surface area contributed by atoms with Crippen LogP contribution in [0.4, 0.5) is 0 Å². The number of benzene rings is 1. The fraction of sp³-hybridized carbons (Fsp3) is 0.647. The molecule has 0 spiro atoms. The van der Waals surface area contributed by atoms with Gasteiger partial charge in [0.2, 0.25) is 0 Å². The fourth-order valence-electron chi connectivity index (χ4n) is 3.13. The molecule has 0 radical (unpaired) electrons. The van der Waals surface area contributed by atoms with E-state index in [4.69, 9.17) is 0 Å². The molecule has 2 fully saturated rings. The Kier molecular flexibility index (Phi) is 4.71. The maximum Gasteiger partial charge on any atom is 0.0916 e. The molecule has 1 aliphatic heterocycles. The third-order valence-corrected chi connectivity index (χ3v) is 4.49. The summed E-state index contributed by atoms with van der Waals surface area (Å²) in [5.41, 5.74) is 1.03. The normalized spacial score (nSPS) is 25.6. The van der Waals surface area contributed by atoms with Crippen LogP contribution >= 0.6 is 0 Å². The van der Waals surface area contributed by atoms with E-state index in [1.54, 1.807) is 0 Å². The molecule has 3 rings (SSSR count). The van der Waals surface area contributed by atoms with Crippen LogP contribution in [0.3, 0.4) is 0 Å². The van der Waals surface area contributed by atoms with Gasteiger partial charge in [0.05, 0.1) is 6.10 Å². The topological polar surface area (TPSA) is 35.5 Å². The molecule has 2 N–H and O–H groups in total. The molecule has 0 aromatic heterocycles. The third-order valence-electron chi connectivity index (χ3n) is 4.49. The Hall–Kier alpha value is -0.900. The Bertz CT molecular complexity index is 405. The third kappa shape index (κ3) is 4.05. The van der Waals surface area contributed by atoms with Crippen LogP contribution < -0.4 is 5.32 Å². The molecule has 0 amide bonds. The molecule has 1 aliphatic carbocycles. The number of rotatable bonds is 6. The molecule has 110 valence electrons. The van der Waals surface area contributed by atoms with Crippen molar-refractivity contribution in [2.45, 2.75) is 37.8 Å². The summed E-state index contributed by atoms with van der Waals surface area (Å²) in [5.74, 6) is 0.757. The molecule has 3 nitrogen and oxygen atoms in total. The number of nitrogens with zero attached hydrogens (tertiary/aromatic N) is 1. The van der Waals surface area contributed by atoms with E-state index in [1.165, 1.54) is 25.7 Å². The number of β-amino-alcohol motifs (C(OH)–C–C–N with tert-alkyl or cyclic N) is 1. The Balaban J connectivity index is 1.46. The zero-order valence-electron chi connectivity index (χ0n) is 12.2. The van der Waals surface area contributed by atoms with Gasteiger partial charge >= 0.3 is 0 Å². The average molecular weight is 274 g/mol. The molecule has 0 bridgehead atoms. The van der Waals surface area contributed by atoms with Crippen molar-refractivity contribution in [1.29, 1.82) is 0 Å². The van der Waals surface area contributed by atoms with Gasteiger partial charge < -0.3 is 15.3 Å². The number of aliphatic hydroxyl groups is 1. The van der Waals surface area contributed by atoms with Gasteiger partial charge in [0.25, 0.3) is 0 Å². The molecule has 2 atom stereocenters. The van der Waals surface area contributed by atoms with Crippen molar-refractivity contribution in [1.82, 2.24) is 10.2 Å². The van der Waals surface area contributed by atoms with E-state index in [0.29, 0.717) is 0 Å². The maximum atomic E-state index is 10.3. The van der Waals surface area contributed by atoms with Crippen molar-refractivity contribution >= 4 is 0 Å². The molecule has 1 aromatic carbocycles. The largest absolute Gasteiger partial charge is 0.387 e. The van der Waals surface area contributed by atoms with Crippen molar-refractivity contribution < 1.29 is 5.11 Å². The van der Waals surface area contributed by atoms with Crippen LogP contribution in [-0.4, -0.2) is 42.2 Å². The van der Waals surface area contributed by atoms with Gasteiger partial charge in [-0.3, -0.25) is 0 Å². The summed E-state index contributed by atoms with van der Waals surface area (Å²) in [6.45, 7) is 4.18. The molecular weight excluding hydrogens is 248 g/mol. The van der Waals surface area contributed by atoms with E-state index in [1.807, 2.05) is 30.3 Å². The summed E-state index contributed by atoms with van der Waals surface area (Å²) >= 11 is 0. The predicted molar refractivity (Wildman–Crippen MR) is 81.6 cm³/mol. The van der Waals surface area contributed by atoms with Crippen LogP contribution in [0.25, 0.3) is 0 Å². The minimum absolute atomic E-state index is 0.355. The van der Waals surface area contributed by atoms with Crippen LogP contribution in [0, 0.1) is 5.92 Å². The maximum absolute atomic E-state index is 10.3. The van der Waals surface area contributed by atoms with E-state index >= 15 is 0 Å². The number of piperidine rings is 1. The molecule has 1 heterocycles. The Morgan fingerprint density at radius 2 is 2.00 bits per heavy atom. The van der Waals surface area contributed by atoms with E-state index < -0.39 is 0 Å².